The Morgan fingerprint density at radius 2 is 1.80 bits per heavy atom. The van der Waals surface area contributed by atoms with Gasteiger partial charge in [-0.2, -0.15) is 5.10 Å². The number of hydrogen-bond acceptors (Lipinski definition) is 6. The molecule has 0 radical (unpaired) electrons. The highest BCUT2D eigenvalue weighted by atomic mass is 16.1. The Hall–Kier alpha value is -3.43. The molecule has 6 heterocycles. The fraction of sp³-hybridized carbons (Fsp3) is 0.423. The SMILES string of the molecule is CN1CCC(NC(=O)c2cnn3ccc(-c4c[nH]c5ncc(N6CCN(C)CC6)cc45)cc23)CC1. The van der Waals surface area contributed by atoms with Gasteiger partial charge in [-0.1, -0.05) is 0 Å². The lowest BCUT2D eigenvalue weighted by molar-refractivity contribution is 0.0918. The lowest BCUT2D eigenvalue weighted by atomic mass is 10.0. The number of H-pyrrole nitrogens is 1. The maximum atomic E-state index is 13.1. The van der Waals surface area contributed by atoms with E-state index in [1.165, 1.54) is 0 Å². The highest BCUT2D eigenvalue weighted by Crippen LogP contribution is 2.32. The highest BCUT2D eigenvalue weighted by Gasteiger charge is 2.22. The van der Waals surface area contributed by atoms with Crippen LogP contribution in [0.3, 0.4) is 0 Å². The molecule has 9 heteroatoms. The number of fused-ring (bicyclic) bond motifs is 2. The molecular weight excluding hydrogens is 440 g/mol. The second-order valence-corrected chi connectivity index (χ2v) is 9.94. The number of amides is 1. The summed E-state index contributed by atoms with van der Waals surface area (Å²) < 4.78 is 1.77. The topological polar surface area (TPSA) is 84.8 Å². The van der Waals surface area contributed by atoms with Gasteiger partial charge in [-0.05, 0) is 63.8 Å². The zero-order valence-electron chi connectivity index (χ0n) is 20.4. The molecule has 4 aromatic rings. The van der Waals surface area contributed by atoms with E-state index in [4.69, 9.17) is 4.98 Å². The standard InChI is InChI=1S/C26H32N8O/c1-31-6-4-19(5-7-31)30-26(35)23-17-29-34-8-3-18(13-24(23)34)22-16-28-25-21(22)14-20(15-27-25)33-11-9-32(2)10-12-33/h3,8,13-17,19H,4-7,9-12H2,1-2H3,(H,27,28)(H,30,35). The molecule has 6 rings (SSSR count). The van der Waals surface area contributed by atoms with Crippen LogP contribution in [-0.4, -0.2) is 94.7 Å². The molecule has 2 fully saturated rings. The molecule has 2 aliphatic rings. The Balaban J connectivity index is 1.30. The van der Waals surface area contributed by atoms with E-state index in [-0.39, 0.29) is 11.9 Å². The number of piperazine rings is 1. The number of nitrogens with one attached hydrogen (secondary N) is 2. The number of anilines is 1. The van der Waals surface area contributed by atoms with Gasteiger partial charge in [0.2, 0.25) is 0 Å². The summed E-state index contributed by atoms with van der Waals surface area (Å²) in [5, 5.41) is 8.73. The number of likely N-dealkylation sites (tertiary alicyclic amines) is 1. The van der Waals surface area contributed by atoms with Crippen LogP contribution in [-0.2, 0) is 0 Å². The van der Waals surface area contributed by atoms with Crippen LogP contribution >= 0.6 is 0 Å². The molecule has 0 atom stereocenters. The molecule has 4 aromatic heterocycles. The number of aromatic nitrogens is 4. The van der Waals surface area contributed by atoms with Crippen LogP contribution in [0.2, 0.25) is 0 Å². The summed E-state index contributed by atoms with van der Waals surface area (Å²) in [6, 6.07) is 6.55. The lowest BCUT2D eigenvalue weighted by Crippen LogP contribution is -2.44. The number of likely N-dealkylation sites (N-methyl/N-ethyl adjacent to an activating group) is 1. The number of aromatic amines is 1. The second kappa shape index (κ2) is 8.98. The van der Waals surface area contributed by atoms with Gasteiger partial charge in [0.15, 0.2) is 0 Å². The van der Waals surface area contributed by atoms with Gasteiger partial charge in [-0.15, -0.1) is 0 Å². The van der Waals surface area contributed by atoms with Gasteiger partial charge >= 0.3 is 0 Å². The largest absolute Gasteiger partial charge is 0.368 e. The highest BCUT2D eigenvalue weighted by molar-refractivity contribution is 6.02. The predicted molar refractivity (Wildman–Crippen MR) is 138 cm³/mol. The van der Waals surface area contributed by atoms with E-state index in [9.17, 15) is 4.79 Å². The Bertz CT molecular complexity index is 1360. The molecule has 0 unspecified atom stereocenters. The first-order valence-corrected chi connectivity index (χ1v) is 12.4. The van der Waals surface area contributed by atoms with E-state index in [0.717, 1.165) is 85.5 Å². The Morgan fingerprint density at radius 1 is 1.03 bits per heavy atom. The normalized spacial score (nSPS) is 18.5. The van der Waals surface area contributed by atoms with Crippen molar-refractivity contribution in [1.29, 1.82) is 0 Å². The third-order valence-electron chi connectivity index (χ3n) is 7.52. The van der Waals surface area contributed by atoms with Crippen molar-refractivity contribution in [3.8, 4) is 11.1 Å². The van der Waals surface area contributed by atoms with Gasteiger partial charge < -0.3 is 25.0 Å². The summed E-state index contributed by atoms with van der Waals surface area (Å²) in [4.78, 5) is 28.2. The molecule has 0 aromatic carbocycles. The van der Waals surface area contributed by atoms with E-state index in [1.807, 2.05) is 24.7 Å². The van der Waals surface area contributed by atoms with Crippen molar-refractivity contribution in [2.24, 2.45) is 0 Å². The van der Waals surface area contributed by atoms with Crippen molar-refractivity contribution in [2.75, 3.05) is 58.3 Å². The minimum atomic E-state index is -0.0513. The van der Waals surface area contributed by atoms with Crippen molar-refractivity contribution in [3.63, 3.8) is 0 Å². The summed E-state index contributed by atoms with van der Waals surface area (Å²) in [6.07, 6.45) is 9.51. The van der Waals surface area contributed by atoms with Gasteiger partial charge in [-0.25, -0.2) is 9.50 Å². The molecule has 0 spiro atoms. The van der Waals surface area contributed by atoms with Crippen LogP contribution in [0, 0.1) is 0 Å². The molecule has 2 aliphatic heterocycles. The number of rotatable bonds is 4. The summed E-state index contributed by atoms with van der Waals surface area (Å²) in [7, 11) is 4.29. The molecule has 2 saturated heterocycles. The molecular formula is C26H32N8O. The molecule has 2 N–H and O–H groups in total. The maximum Gasteiger partial charge on any atom is 0.255 e. The van der Waals surface area contributed by atoms with Gasteiger partial charge in [0, 0.05) is 55.6 Å². The first-order valence-electron chi connectivity index (χ1n) is 12.4. The van der Waals surface area contributed by atoms with Crippen molar-refractivity contribution in [2.45, 2.75) is 18.9 Å². The summed E-state index contributed by atoms with van der Waals surface area (Å²) in [5.41, 5.74) is 5.55. The molecule has 0 saturated carbocycles. The van der Waals surface area contributed by atoms with Gasteiger partial charge in [0.1, 0.15) is 5.65 Å². The second-order valence-electron chi connectivity index (χ2n) is 9.94. The minimum absolute atomic E-state index is 0.0513. The summed E-state index contributed by atoms with van der Waals surface area (Å²) >= 11 is 0. The average Bonchev–Trinajstić information content (AvgIpc) is 3.49. The molecule has 0 bridgehead atoms. The first-order chi connectivity index (χ1) is 17.0. The molecule has 182 valence electrons. The Kier molecular flexibility index (Phi) is 5.66. The van der Waals surface area contributed by atoms with Gasteiger partial charge in [-0.3, -0.25) is 4.79 Å². The number of carbonyl (C=O) groups is 1. The third-order valence-corrected chi connectivity index (χ3v) is 7.52. The fourth-order valence-corrected chi connectivity index (χ4v) is 5.21. The first kappa shape index (κ1) is 22.1. The lowest BCUT2D eigenvalue weighted by Gasteiger charge is -2.33. The summed E-state index contributed by atoms with van der Waals surface area (Å²) in [6.45, 7) is 6.13. The van der Waals surface area contributed by atoms with E-state index in [1.54, 1.807) is 10.7 Å². The number of piperidine rings is 1. The van der Waals surface area contributed by atoms with Crippen LogP contribution in [0.25, 0.3) is 27.7 Å². The van der Waals surface area contributed by atoms with Crippen molar-refractivity contribution in [3.05, 3.63) is 48.5 Å². The number of hydrogen-bond donors (Lipinski definition) is 2. The van der Waals surface area contributed by atoms with Crippen molar-refractivity contribution >= 4 is 28.1 Å². The number of carbonyl (C=O) groups excluding carboxylic acids is 1. The van der Waals surface area contributed by atoms with E-state index >= 15 is 0 Å². The van der Waals surface area contributed by atoms with Gasteiger partial charge in [0.25, 0.3) is 5.91 Å². The Morgan fingerprint density at radius 3 is 2.60 bits per heavy atom. The monoisotopic (exact) mass is 472 g/mol. The van der Waals surface area contributed by atoms with Crippen LogP contribution < -0.4 is 10.2 Å². The zero-order valence-corrected chi connectivity index (χ0v) is 20.4. The maximum absolute atomic E-state index is 13.1. The van der Waals surface area contributed by atoms with E-state index in [0.29, 0.717) is 5.56 Å². The molecule has 9 nitrogen and oxygen atoms in total. The number of pyridine rings is 2. The number of nitrogens with zero attached hydrogens (tertiary/aromatic N) is 6. The van der Waals surface area contributed by atoms with Crippen LogP contribution in [0.5, 0.6) is 0 Å². The smallest absolute Gasteiger partial charge is 0.255 e. The molecule has 0 aliphatic carbocycles. The van der Waals surface area contributed by atoms with Crippen molar-refractivity contribution < 1.29 is 4.79 Å². The third kappa shape index (κ3) is 4.26. The van der Waals surface area contributed by atoms with Crippen molar-refractivity contribution in [1.82, 2.24) is 34.7 Å². The average molecular weight is 473 g/mol. The fourth-order valence-electron chi connectivity index (χ4n) is 5.21. The van der Waals surface area contributed by atoms with Gasteiger partial charge in [0.05, 0.1) is 29.2 Å². The zero-order chi connectivity index (χ0) is 23.9. The van der Waals surface area contributed by atoms with E-state index < -0.39 is 0 Å². The van der Waals surface area contributed by atoms with Crippen LogP contribution in [0.1, 0.15) is 23.2 Å². The van der Waals surface area contributed by atoms with E-state index in [2.05, 4.69) is 56.3 Å². The summed E-state index contributed by atoms with van der Waals surface area (Å²) in [5.74, 6) is -0.0513. The minimum Gasteiger partial charge on any atom is -0.368 e. The van der Waals surface area contributed by atoms with Crippen LogP contribution in [0.15, 0.2) is 43.0 Å². The van der Waals surface area contributed by atoms with Crippen LogP contribution in [0.4, 0.5) is 5.69 Å². The Labute approximate surface area is 204 Å². The quantitative estimate of drug-likeness (QED) is 0.475. The molecule has 1 amide bonds. The predicted octanol–water partition coefficient (Wildman–Crippen LogP) is 2.45. The molecule has 35 heavy (non-hydrogen) atoms.